The van der Waals surface area contributed by atoms with Crippen LogP contribution >= 0.6 is 0 Å². The summed E-state index contributed by atoms with van der Waals surface area (Å²) < 4.78 is 51.9. The fourth-order valence-electron chi connectivity index (χ4n) is 2.80. The fraction of sp³-hybridized carbons (Fsp3) is 0.0952. The molecule has 0 heterocycles. The number of amides is 1. The molecule has 0 aliphatic carbocycles. The Morgan fingerprint density at radius 3 is 2.38 bits per heavy atom. The number of nitrogens with one attached hydrogen (secondary N) is 1. The van der Waals surface area contributed by atoms with Crippen LogP contribution in [0, 0.1) is 11.6 Å². The van der Waals surface area contributed by atoms with Crippen molar-refractivity contribution < 1.29 is 22.0 Å². The molecule has 0 aliphatic heterocycles. The van der Waals surface area contributed by atoms with Crippen molar-refractivity contribution in [2.75, 3.05) is 5.32 Å². The fourth-order valence-corrected chi connectivity index (χ4v) is 4.20. The van der Waals surface area contributed by atoms with Gasteiger partial charge in [-0.05, 0) is 35.4 Å². The predicted molar refractivity (Wildman–Crippen MR) is 106 cm³/mol. The van der Waals surface area contributed by atoms with E-state index in [-0.39, 0.29) is 0 Å². The third kappa shape index (κ3) is 5.04. The lowest BCUT2D eigenvalue weighted by Crippen LogP contribution is -2.27. The molecule has 0 fully saturated rings. The molecule has 3 N–H and O–H groups in total. The molecule has 0 unspecified atom stereocenters. The van der Waals surface area contributed by atoms with Crippen LogP contribution in [0.2, 0.25) is 0 Å². The van der Waals surface area contributed by atoms with E-state index >= 15 is 0 Å². The number of halogens is 2. The third-order valence-electron chi connectivity index (χ3n) is 4.22. The summed E-state index contributed by atoms with van der Waals surface area (Å²) >= 11 is 0. The number of carbonyl (C=O) groups excluding carboxylic acids is 1. The molecule has 0 spiro atoms. The highest BCUT2D eigenvalue weighted by Gasteiger charge is 2.21. The first-order chi connectivity index (χ1) is 13.8. The van der Waals surface area contributed by atoms with Gasteiger partial charge in [-0.1, -0.05) is 42.5 Å². The van der Waals surface area contributed by atoms with E-state index in [9.17, 15) is 22.0 Å². The minimum atomic E-state index is -4.04. The average Bonchev–Trinajstić information content (AvgIpc) is 2.67. The van der Waals surface area contributed by atoms with E-state index < -0.39 is 44.1 Å². The SMILES string of the molecule is N[C@@H](C(=O)Nc1cccc(CS(=O)(=O)c2ccc(F)cc2F)c1)c1ccccc1. The molecule has 3 aromatic carbocycles. The Bertz CT molecular complexity index is 1140. The lowest BCUT2D eigenvalue weighted by atomic mass is 10.1. The van der Waals surface area contributed by atoms with Crippen LogP contribution in [-0.2, 0) is 20.4 Å². The summed E-state index contributed by atoms with van der Waals surface area (Å²) in [5.41, 5.74) is 7.27. The number of nitrogens with two attached hydrogens (primary N) is 1. The summed E-state index contributed by atoms with van der Waals surface area (Å²) in [6.45, 7) is 0. The number of hydrogen-bond donors (Lipinski definition) is 2. The standard InChI is InChI=1S/C21H18F2N2O3S/c22-16-9-10-19(18(23)12-16)29(27,28)13-14-5-4-8-17(11-14)25-21(26)20(24)15-6-2-1-3-7-15/h1-12,20H,13,24H2,(H,25,26)/t20-/m1/s1. The molecule has 0 saturated carbocycles. The highest BCUT2D eigenvalue weighted by atomic mass is 32.2. The molecular weight excluding hydrogens is 398 g/mol. The molecule has 8 heteroatoms. The Hall–Kier alpha value is -3.10. The van der Waals surface area contributed by atoms with Gasteiger partial charge < -0.3 is 11.1 Å². The summed E-state index contributed by atoms with van der Waals surface area (Å²) in [5, 5.41) is 2.64. The lowest BCUT2D eigenvalue weighted by Gasteiger charge is -2.13. The summed E-state index contributed by atoms with van der Waals surface area (Å²) in [7, 11) is -4.04. The number of sulfone groups is 1. The number of hydrogen-bond acceptors (Lipinski definition) is 4. The van der Waals surface area contributed by atoms with Gasteiger partial charge >= 0.3 is 0 Å². The van der Waals surface area contributed by atoms with Crippen molar-refractivity contribution in [1.82, 2.24) is 0 Å². The number of rotatable bonds is 6. The van der Waals surface area contributed by atoms with Gasteiger partial charge in [-0.2, -0.15) is 0 Å². The monoisotopic (exact) mass is 416 g/mol. The van der Waals surface area contributed by atoms with Gasteiger partial charge in [0.05, 0.1) is 5.75 Å². The summed E-state index contributed by atoms with van der Waals surface area (Å²) in [6.07, 6.45) is 0. The van der Waals surface area contributed by atoms with Crippen LogP contribution < -0.4 is 11.1 Å². The zero-order valence-electron chi connectivity index (χ0n) is 15.2. The molecule has 5 nitrogen and oxygen atoms in total. The van der Waals surface area contributed by atoms with Crippen LogP contribution in [0.4, 0.5) is 14.5 Å². The van der Waals surface area contributed by atoms with Crippen molar-refractivity contribution in [1.29, 1.82) is 0 Å². The molecule has 0 radical (unpaired) electrons. The van der Waals surface area contributed by atoms with E-state index in [1.807, 2.05) is 6.07 Å². The second kappa shape index (κ2) is 8.50. The van der Waals surface area contributed by atoms with Gasteiger partial charge in [-0.3, -0.25) is 4.79 Å². The second-order valence-electron chi connectivity index (χ2n) is 6.41. The molecule has 150 valence electrons. The first-order valence-electron chi connectivity index (χ1n) is 8.64. The molecule has 0 saturated heterocycles. The smallest absolute Gasteiger partial charge is 0.245 e. The van der Waals surface area contributed by atoms with Crippen molar-refractivity contribution in [3.8, 4) is 0 Å². The van der Waals surface area contributed by atoms with Crippen molar-refractivity contribution in [3.63, 3.8) is 0 Å². The van der Waals surface area contributed by atoms with Crippen LogP contribution in [0.15, 0.2) is 77.7 Å². The second-order valence-corrected chi connectivity index (χ2v) is 8.37. The summed E-state index contributed by atoms with van der Waals surface area (Å²) in [4.78, 5) is 11.8. The van der Waals surface area contributed by atoms with Gasteiger partial charge in [0.15, 0.2) is 9.84 Å². The normalized spacial score (nSPS) is 12.4. The van der Waals surface area contributed by atoms with Crippen molar-refractivity contribution >= 4 is 21.4 Å². The van der Waals surface area contributed by atoms with Gasteiger partial charge in [0.25, 0.3) is 0 Å². The average molecular weight is 416 g/mol. The van der Waals surface area contributed by atoms with E-state index in [2.05, 4.69) is 5.32 Å². The molecule has 3 aromatic rings. The van der Waals surface area contributed by atoms with E-state index in [1.54, 1.807) is 36.4 Å². The zero-order valence-corrected chi connectivity index (χ0v) is 16.0. The highest BCUT2D eigenvalue weighted by Crippen LogP contribution is 2.22. The maximum Gasteiger partial charge on any atom is 0.245 e. The molecule has 3 rings (SSSR count). The Kier molecular flexibility index (Phi) is 6.05. The van der Waals surface area contributed by atoms with Crippen LogP contribution in [0.1, 0.15) is 17.2 Å². The third-order valence-corrected chi connectivity index (χ3v) is 5.94. The van der Waals surface area contributed by atoms with E-state index in [0.717, 1.165) is 12.1 Å². The molecule has 29 heavy (non-hydrogen) atoms. The van der Waals surface area contributed by atoms with Crippen molar-refractivity contribution in [3.05, 3.63) is 95.6 Å². The Morgan fingerprint density at radius 1 is 0.966 bits per heavy atom. The zero-order chi connectivity index (χ0) is 21.0. The van der Waals surface area contributed by atoms with Gasteiger partial charge in [-0.15, -0.1) is 0 Å². The Morgan fingerprint density at radius 2 is 1.69 bits per heavy atom. The van der Waals surface area contributed by atoms with Gasteiger partial charge in [0, 0.05) is 11.8 Å². The Balaban J connectivity index is 1.76. The quantitative estimate of drug-likeness (QED) is 0.601. The molecule has 0 aromatic heterocycles. The maximum atomic E-state index is 13.9. The van der Waals surface area contributed by atoms with Crippen molar-refractivity contribution in [2.45, 2.75) is 16.7 Å². The number of carbonyl (C=O) groups is 1. The van der Waals surface area contributed by atoms with E-state index in [4.69, 9.17) is 5.73 Å². The first-order valence-corrected chi connectivity index (χ1v) is 10.3. The maximum absolute atomic E-state index is 13.9. The van der Waals surface area contributed by atoms with Crippen LogP contribution in [0.25, 0.3) is 0 Å². The number of benzene rings is 3. The van der Waals surface area contributed by atoms with E-state index in [0.29, 0.717) is 22.9 Å². The predicted octanol–water partition coefficient (Wildman–Crippen LogP) is 3.58. The minimum absolute atomic E-state index is 0.333. The first kappa shape index (κ1) is 20.6. The van der Waals surface area contributed by atoms with Gasteiger partial charge in [0.2, 0.25) is 5.91 Å². The number of anilines is 1. The largest absolute Gasteiger partial charge is 0.324 e. The topological polar surface area (TPSA) is 89.3 Å². The van der Waals surface area contributed by atoms with E-state index in [1.165, 1.54) is 12.1 Å². The Labute approximate surface area is 167 Å². The van der Waals surface area contributed by atoms with Crippen LogP contribution in [0.5, 0.6) is 0 Å². The van der Waals surface area contributed by atoms with Crippen LogP contribution in [0.3, 0.4) is 0 Å². The minimum Gasteiger partial charge on any atom is -0.324 e. The lowest BCUT2D eigenvalue weighted by molar-refractivity contribution is -0.117. The van der Waals surface area contributed by atoms with Gasteiger partial charge in [-0.25, -0.2) is 17.2 Å². The molecule has 1 atom stereocenters. The molecular formula is C21H18F2N2O3S. The van der Waals surface area contributed by atoms with Crippen molar-refractivity contribution in [2.24, 2.45) is 5.73 Å². The van der Waals surface area contributed by atoms with Crippen LogP contribution in [-0.4, -0.2) is 14.3 Å². The molecule has 1 amide bonds. The highest BCUT2D eigenvalue weighted by molar-refractivity contribution is 7.90. The summed E-state index contributed by atoms with van der Waals surface area (Å²) in [6, 6.07) is 16.4. The van der Waals surface area contributed by atoms with Gasteiger partial charge in [0.1, 0.15) is 22.6 Å². The molecule has 0 bridgehead atoms. The molecule has 0 aliphatic rings. The summed E-state index contributed by atoms with van der Waals surface area (Å²) in [5.74, 6) is -2.98.